The van der Waals surface area contributed by atoms with Crippen molar-refractivity contribution in [2.45, 2.75) is 13.8 Å². The maximum atomic E-state index is 12.8. The van der Waals surface area contributed by atoms with E-state index in [2.05, 4.69) is 0 Å². The van der Waals surface area contributed by atoms with E-state index in [0.29, 0.717) is 33.9 Å². The quantitative estimate of drug-likeness (QED) is 0.410. The van der Waals surface area contributed by atoms with Gasteiger partial charge in [0.1, 0.15) is 17.2 Å². The highest BCUT2D eigenvalue weighted by molar-refractivity contribution is 6.15. The number of hydrogen-bond donors (Lipinski definition) is 0. The molecule has 0 amide bonds. The van der Waals surface area contributed by atoms with Crippen molar-refractivity contribution in [3.05, 3.63) is 94.2 Å². The standard InChI is InChI=1S/C26H22O5/c1-16-6-4-5-7-19(16)14-24-25(28)21-12-13-23(17(2)26(21)31-24)30-15-22(27)18-8-10-20(29-3)11-9-18/h4-14H,15H2,1-3H3/b24-14-. The van der Waals surface area contributed by atoms with E-state index < -0.39 is 0 Å². The van der Waals surface area contributed by atoms with Crippen LogP contribution in [0.25, 0.3) is 6.08 Å². The molecule has 156 valence electrons. The number of carbonyl (C=O) groups is 2. The molecule has 0 spiro atoms. The summed E-state index contributed by atoms with van der Waals surface area (Å²) in [4.78, 5) is 25.2. The third-order valence-electron chi connectivity index (χ3n) is 5.28. The number of aryl methyl sites for hydroxylation is 1. The van der Waals surface area contributed by atoms with E-state index in [1.54, 1.807) is 49.6 Å². The van der Waals surface area contributed by atoms with Gasteiger partial charge in [0.05, 0.1) is 12.7 Å². The number of ether oxygens (including phenoxy) is 3. The summed E-state index contributed by atoms with van der Waals surface area (Å²) in [6.45, 7) is 3.68. The van der Waals surface area contributed by atoms with E-state index in [9.17, 15) is 9.59 Å². The molecule has 1 aliphatic heterocycles. The molecule has 3 aromatic carbocycles. The van der Waals surface area contributed by atoms with E-state index in [1.807, 2.05) is 38.1 Å². The van der Waals surface area contributed by atoms with Crippen LogP contribution in [0.5, 0.6) is 17.2 Å². The van der Waals surface area contributed by atoms with Crippen LogP contribution in [0.15, 0.2) is 66.4 Å². The number of hydrogen-bond acceptors (Lipinski definition) is 5. The number of fused-ring (bicyclic) bond motifs is 1. The summed E-state index contributed by atoms with van der Waals surface area (Å²) in [5.41, 5.74) is 3.69. The lowest BCUT2D eigenvalue weighted by Crippen LogP contribution is -2.12. The Morgan fingerprint density at radius 2 is 1.74 bits per heavy atom. The summed E-state index contributed by atoms with van der Waals surface area (Å²) in [6, 6.07) is 18.0. The lowest BCUT2D eigenvalue weighted by atomic mass is 10.0. The van der Waals surface area contributed by atoms with Crippen LogP contribution in [0.3, 0.4) is 0 Å². The molecule has 0 atom stereocenters. The fourth-order valence-corrected chi connectivity index (χ4v) is 3.42. The molecule has 0 unspecified atom stereocenters. The Labute approximate surface area is 180 Å². The van der Waals surface area contributed by atoms with Crippen LogP contribution in [-0.2, 0) is 0 Å². The fourth-order valence-electron chi connectivity index (χ4n) is 3.42. The lowest BCUT2D eigenvalue weighted by Gasteiger charge is -2.11. The zero-order chi connectivity index (χ0) is 22.0. The van der Waals surface area contributed by atoms with Gasteiger partial charge in [-0.1, -0.05) is 24.3 Å². The Hall–Kier alpha value is -3.86. The molecule has 0 saturated heterocycles. The number of allylic oxidation sites excluding steroid dienone is 1. The van der Waals surface area contributed by atoms with Gasteiger partial charge in [-0.05, 0) is 67.4 Å². The number of methoxy groups -OCH3 is 1. The molecule has 4 rings (SSSR count). The van der Waals surface area contributed by atoms with Crippen molar-refractivity contribution in [2.24, 2.45) is 0 Å². The minimum absolute atomic E-state index is 0.119. The van der Waals surface area contributed by atoms with E-state index in [4.69, 9.17) is 14.2 Å². The van der Waals surface area contributed by atoms with Gasteiger partial charge < -0.3 is 14.2 Å². The second-order valence-electron chi connectivity index (χ2n) is 7.30. The average Bonchev–Trinajstić information content (AvgIpc) is 3.11. The van der Waals surface area contributed by atoms with Gasteiger partial charge in [-0.15, -0.1) is 0 Å². The van der Waals surface area contributed by atoms with Gasteiger partial charge in [-0.3, -0.25) is 9.59 Å². The lowest BCUT2D eigenvalue weighted by molar-refractivity contribution is 0.0920. The van der Waals surface area contributed by atoms with E-state index >= 15 is 0 Å². The van der Waals surface area contributed by atoms with Crippen LogP contribution >= 0.6 is 0 Å². The Kier molecular flexibility index (Phi) is 5.58. The van der Waals surface area contributed by atoms with Crippen molar-refractivity contribution in [2.75, 3.05) is 13.7 Å². The summed E-state index contributed by atoms with van der Waals surface area (Å²) >= 11 is 0. The second kappa shape index (κ2) is 8.48. The third-order valence-corrected chi connectivity index (χ3v) is 5.28. The first-order chi connectivity index (χ1) is 15.0. The number of carbonyl (C=O) groups excluding carboxylic acids is 2. The molecule has 31 heavy (non-hydrogen) atoms. The Bertz CT molecular complexity index is 1190. The predicted molar refractivity (Wildman–Crippen MR) is 118 cm³/mol. The van der Waals surface area contributed by atoms with Crippen molar-refractivity contribution < 1.29 is 23.8 Å². The first-order valence-electron chi connectivity index (χ1n) is 9.91. The van der Waals surface area contributed by atoms with Crippen molar-refractivity contribution >= 4 is 17.6 Å². The molecule has 5 nitrogen and oxygen atoms in total. The summed E-state index contributed by atoms with van der Waals surface area (Å²) in [6.07, 6.45) is 1.75. The zero-order valence-electron chi connectivity index (χ0n) is 17.6. The SMILES string of the molecule is COc1ccc(C(=O)COc2ccc3c(c2C)O/C(=C\c2ccccc2C)C3=O)cc1. The van der Waals surface area contributed by atoms with Crippen LogP contribution in [0.2, 0.25) is 0 Å². The van der Waals surface area contributed by atoms with Gasteiger partial charge in [0.2, 0.25) is 5.78 Å². The second-order valence-corrected chi connectivity index (χ2v) is 7.30. The summed E-state index contributed by atoms with van der Waals surface area (Å²) in [5, 5.41) is 0. The molecule has 3 aromatic rings. The Morgan fingerprint density at radius 3 is 2.45 bits per heavy atom. The van der Waals surface area contributed by atoms with Crippen molar-refractivity contribution in [1.82, 2.24) is 0 Å². The first-order valence-corrected chi connectivity index (χ1v) is 9.91. The van der Waals surface area contributed by atoms with Gasteiger partial charge in [0, 0.05) is 11.1 Å². The van der Waals surface area contributed by atoms with Gasteiger partial charge in [0.15, 0.2) is 18.1 Å². The van der Waals surface area contributed by atoms with Crippen molar-refractivity contribution in [3.63, 3.8) is 0 Å². The largest absolute Gasteiger partial charge is 0.497 e. The van der Waals surface area contributed by atoms with Gasteiger partial charge in [0.25, 0.3) is 0 Å². The molecule has 0 fully saturated rings. The average molecular weight is 414 g/mol. The number of benzene rings is 3. The number of rotatable bonds is 6. The molecule has 0 bridgehead atoms. The zero-order valence-corrected chi connectivity index (χ0v) is 17.6. The summed E-state index contributed by atoms with van der Waals surface area (Å²) < 4.78 is 16.8. The topological polar surface area (TPSA) is 61.8 Å². The smallest absolute Gasteiger partial charge is 0.231 e. The van der Waals surface area contributed by atoms with Gasteiger partial charge in [-0.25, -0.2) is 0 Å². The summed E-state index contributed by atoms with van der Waals surface area (Å²) in [7, 11) is 1.57. The maximum absolute atomic E-state index is 12.8. The van der Waals surface area contributed by atoms with Crippen LogP contribution < -0.4 is 14.2 Å². The first kappa shape index (κ1) is 20.4. The van der Waals surface area contributed by atoms with E-state index in [0.717, 1.165) is 11.1 Å². The van der Waals surface area contributed by atoms with E-state index in [1.165, 1.54) is 0 Å². The maximum Gasteiger partial charge on any atom is 0.231 e. The minimum atomic E-state index is -0.165. The molecule has 0 radical (unpaired) electrons. The molecule has 0 aromatic heterocycles. The molecule has 1 heterocycles. The van der Waals surface area contributed by atoms with Crippen LogP contribution in [-0.4, -0.2) is 25.3 Å². The Balaban J connectivity index is 1.51. The molecular formula is C26H22O5. The van der Waals surface area contributed by atoms with Crippen LogP contribution in [0.1, 0.15) is 37.4 Å². The molecule has 5 heteroatoms. The molecular weight excluding hydrogens is 392 g/mol. The molecule has 1 aliphatic rings. The van der Waals surface area contributed by atoms with E-state index in [-0.39, 0.29) is 23.9 Å². The van der Waals surface area contributed by atoms with Crippen LogP contribution in [0.4, 0.5) is 0 Å². The highest BCUT2D eigenvalue weighted by atomic mass is 16.5. The monoisotopic (exact) mass is 414 g/mol. The highest BCUT2D eigenvalue weighted by Crippen LogP contribution is 2.39. The number of Topliss-reactive ketones (excluding diaryl/α,β-unsaturated/α-hetero) is 2. The molecule has 0 saturated carbocycles. The van der Waals surface area contributed by atoms with Gasteiger partial charge in [-0.2, -0.15) is 0 Å². The van der Waals surface area contributed by atoms with Crippen LogP contribution in [0, 0.1) is 13.8 Å². The number of ketones is 2. The normalized spacial score (nSPS) is 13.6. The predicted octanol–water partition coefficient (Wildman–Crippen LogP) is 5.19. The van der Waals surface area contributed by atoms with Crippen molar-refractivity contribution in [3.8, 4) is 17.2 Å². The minimum Gasteiger partial charge on any atom is -0.497 e. The van der Waals surface area contributed by atoms with Gasteiger partial charge >= 0.3 is 0 Å². The fraction of sp³-hybridized carbons (Fsp3) is 0.154. The molecule has 0 aliphatic carbocycles. The highest BCUT2D eigenvalue weighted by Gasteiger charge is 2.30. The summed E-state index contributed by atoms with van der Waals surface area (Å²) in [5.74, 6) is 1.62. The van der Waals surface area contributed by atoms with Crippen molar-refractivity contribution in [1.29, 1.82) is 0 Å². The third kappa shape index (κ3) is 4.08. The molecule has 0 N–H and O–H groups in total. The Morgan fingerprint density at radius 1 is 1.00 bits per heavy atom.